The van der Waals surface area contributed by atoms with Crippen LogP contribution in [0.5, 0.6) is 11.5 Å². The van der Waals surface area contributed by atoms with Gasteiger partial charge in [-0.25, -0.2) is 0 Å². The maximum absolute atomic E-state index is 6.25. The fraction of sp³-hybridized carbons (Fsp3) is 0.538. The Balaban J connectivity index is 3.03. The normalized spacial score (nSPS) is 12.4. The van der Waals surface area contributed by atoms with Crippen LogP contribution in [0.25, 0.3) is 0 Å². The number of ether oxygens (including phenoxy) is 1. The average Bonchev–Trinajstić information content (AvgIpc) is 2.18. The van der Waals surface area contributed by atoms with E-state index in [1.807, 2.05) is 18.2 Å². The van der Waals surface area contributed by atoms with E-state index < -0.39 is 8.32 Å². The predicted molar refractivity (Wildman–Crippen MR) is 83.5 cm³/mol. The van der Waals surface area contributed by atoms with Crippen LogP contribution in [0.1, 0.15) is 20.8 Å². The Morgan fingerprint density at radius 2 is 1.71 bits per heavy atom. The molecular weight excluding hydrogens is 343 g/mol. The van der Waals surface area contributed by atoms with E-state index in [1.54, 1.807) is 7.11 Å². The van der Waals surface area contributed by atoms with E-state index >= 15 is 0 Å². The third-order valence-electron chi connectivity index (χ3n) is 3.30. The number of hydrogen-bond acceptors (Lipinski definition) is 2. The molecule has 0 amide bonds. The van der Waals surface area contributed by atoms with Gasteiger partial charge in [-0.1, -0.05) is 20.8 Å². The Kier molecular flexibility index (Phi) is 4.52. The second-order valence-corrected chi connectivity index (χ2v) is 11.6. The van der Waals surface area contributed by atoms with Crippen LogP contribution >= 0.6 is 22.6 Å². The van der Waals surface area contributed by atoms with E-state index in [9.17, 15) is 0 Å². The third kappa shape index (κ3) is 3.61. The summed E-state index contributed by atoms with van der Waals surface area (Å²) >= 11 is 2.27. The quantitative estimate of drug-likeness (QED) is 0.573. The van der Waals surface area contributed by atoms with Crippen molar-refractivity contribution in [1.82, 2.24) is 0 Å². The Bertz CT molecular complexity index is 397. The van der Waals surface area contributed by atoms with Crippen molar-refractivity contribution in [2.45, 2.75) is 38.9 Å². The summed E-state index contributed by atoms with van der Waals surface area (Å²) in [5, 5.41) is 0.195. The molecule has 17 heavy (non-hydrogen) atoms. The van der Waals surface area contributed by atoms with E-state index in [0.717, 1.165) is 15.1 Å². The molecular formula is C13H21IO2Si. The molecule has 1 rings (SSSR count). The average molecular weight is 364 g/mol. The molecule has 0 spiro atoms. The van der Waals surface area contributed by atoms with Gasteiger partial charge in [0, 0.05) is 3.57 Å². The lowest BCUT2D eigenvalue weighted by Gasteiger charge is -2.36. The maximum Gasteiger partial charge on any atom is 0.250 e. The summed E-state index contributed by atoms with van der Waals surface area (Å²) in [7, 11) is -0.109. The molecule has 0 atom stereocenters. The summed E-state index contributed by atoms with van der Waals surface area (Å²) in [5.41, 5.74) is 0. The highest BCUT2D eigenvalue weighted by molar-refractivity contribution is 14.1. The minimum absolute atomic E-state index is 0.195. The van der Waals surface area contributed by atoms with Crippen LogP contribution in [-0.4, -0.2) is 15.4 Å². The molecule has 0 radical (unpaired) electrons. The van der Waals surface area contributed by atoms with Gasteiger partial charge in [0.15, 0.2) is 5.75 Å². The number of methoxy groups -OCH3 is 1. The lowest BCUT2D eigenvalue weighted by Crippen LogP contribution is -2.43. The van der Waals surface area contributed by atoms with Gasteiger partial charge in [0.05, 0.1) is 7.11 Å². The van der Waals surface area contributed by atoms with Gasteiger partial charge >= 0.3 is 0 Å². The summed E-state index contributed by atoms with van der Waals surface area (Å²) in [6.45, 7) is 11.2. The second kappa shape index (κ2) is 5.18. The molecule has 0 unspecified atom stereocenters. The zero-order chi connectivity index (χ0) is 13.3. The molecule has 0 saturated carbocycles. The molecule has 4 heteroatoms. The Morgan fingerprint density at radius 3 is 2.18 bits per heavy atom. The molecule has 0 heterocycles. The topological polar surface area (TPSA) is 18.5 Å². The van der Waals surface area contributed by atoms with Crippen molar-refractivity contribution < 1.29 is 9.16 Å². The first-order valence-corrected chi connectivity index (χ1v) is 9.68. The maximum atomic E-state index is 6.25. The van der Waals surface area contributed by atoms with Gasteiger partial charge in [-0.05, 0) is 58.9 Å². The number of halogens is 1. The molecule has 1 aromatic carbocycles. The van der Waals surface area contributed by atoms with E-state index in [1.165, 1.54) is 0 Å². The highest BCUT2D eigenvalue weighted by Gasteiger charge is 2.39. The molecule has 0 N–H and O–H groups in total. The first-order valence-electron chi connectivity index (χ1n) is 5.70. The monoisotopic (exact) mass is 364 g/mol. The first-order chi connectivity index (χ1) is 7.67. The smallest absolute Gasteiger partial charge is 0.250 e. The van der Waals surface area contributed by atoms with Crippen molar-refractivity contribution in [3.63, 3.8) is 0 Å². The molecule has 0 bridgehead atoms. The summed E-state index contributed by atoms with van der Waals surface area (Å²) < 4.78 is 12.8. The third-order valence-corrected chi connectivity index (χ3v) is 8.31. The van der Waals surface area contributed by atoms with Crippen molar-refractivity contribution in [2.24, 2.45) is 0 Å². The molecule has 0 aliphatic heterocycles. The van der Waals surface area contributed by atoms with Crippen LogP contribution in [0.2, 0.25) is 18.1 Å². The molecule has 0 saturated heterocycles. The van der Waals surface area contributed by atoms with Crippen molar-refractivity contribution in [3.05, 3.63) is 21.8 Å². The Labute approximate surface area is 119 Å². The number of rotatable bonds is 3. The number of benzene rings is 1. The van der Waals surface area contributed by atoms with Crippen LogP contribution in [-0.2, 0) is 0 Å². The zero-order valence-corrected chi connectivity index (χ0v) is 14.6. The summed E-state index contributed by atoms with van der Waals surface area (Å²) in [6.07, 6.45) is 0. The summed E-state index contributed by atoms with van der Waals surface area (Å²) in [5.74, 6) is 1.68. The lowest BCUT2D eigenvalue weighted by molar-refractivity contribution is 0.385. The van der Waals surface area contributed by atoms with Gasteiger partial charge in [0.25, 0.3) is 8.32 Å². The minimum Gasteiger partial charge on any atom is -0.541 e. The van der Waals surface area contributed by atoms with Gasteiger partial charge in [-0.3, -0.25) is 0 Å². The van der Waals surface area contributed by atoms with Gasteiger partial charge in [0.1, 0.15) is 5.75 Å². The molecule has 0 aromatic heterocycles. The molecule has 96 valence electrons. The molecule has 1 aromatic rings. The largest absolute Gasteiger partial charge is 0.541 e. The van der Waals surface area contributed by atoms with E-state index in [-0.39, 0.29) is 5.04 Å². The van der Waals surface area contributed by atoms with Gasteiger partial charge in [-0.15, -0.1) is 0 Å². The van der Waals surface area contributed by atoms with E-state index in [0.29, 0.717) is 0 Å². The first kappa shape index (κ1) is 14.8. The van der Waals surface area contributed by atoms with Gasteiger partial charge in [-0.2, -0.15) is 0 Å². The Morgan fingerprint density at radius 1 is 1.12 bits per heavy atom. The van der Waals surface area contributed by atoms with Crippen molar-refractivity contribution >= 4 is 30.9 Å². The molecule has 2 nitrogen and oxygen atoms in total. The molecule has 0 aliphatic carbocycles. The minimum atomic E-state index is -1.79. The molecule has 0 aliphatic rings. The van der Waals surface area contributed by atoms with Crippen LogP contribution < -0.4 is 9.16 Å². The highest BCUT2D eigenvalue weighted by Crippen LogP contribution is 2.40. The van der Waals surface area contributed by atoms with Gasteiger partial charge < -0.3 is 9.16 Å². The van der Waals surface area contributed by atoms with Crippen LogP contribution in [0, 0.1) is 3.57 Å². The van der Waals surface area contributed by atoms with Crippen molar-refractivity contribution in [2.75, 3.05) is 7.11 Å². The Hall–Kier alpha value is -0.233. The summed E-state index contributed by atoms with van der Waals surface area (Å²) in [6, 6.07) is 6.05. The predicted octanol–water partition coefficient (Wildman–Crippen LogP) is 4.68. The summed E-state index contributed by atoms with van der Waals surface area (Å²) in [4.78, 5) is 0. The molecule has 0 fully saturated rings. The standard InChI is InChI=1S/C13H21IO2Si/c1-13(2,3)17(5,6)16-11-8-7-10(14)9-12(11)15-4/h7-9H,1-6H3. The second-order valence-electron chi connectivity index (χ2n) is 5.66. The van der Waals surface area contributed by atoms with Gasteiger partial charge in [0.2, 0.25) is 0 Å². The highest BCUT2D eigenvalue weighted by atomic mass is 127. The van der Waals surface area contributed by atoms with Crippen LogP contribution in [0.4, 0.5) is 0 Å². The fourth-order valence-corrected chi connectivity index (χ4v) is 2.64. The van der Waals surface area contributed by atoms with Crippen molar-refractivity contribution in [3.8, 4) is 11.5 Å². The lowest BCUT2D eigenvalue weighted by atomic mass is 10.2. The SMILES string of the molecule is COc1cc(I)ccc1O[Si](C)(C)C(C)(C)C. The zero-order valence-electron chi connectivity index (χ0n) is 11.4. The van der Waals surface area contributed by atoms with E-state index in [4.69, 9.17) is 9.16 Å². The van der Waals surface area contributed by atoms with Crippen LogP contribution in [0.15, 0.2) is 18.2 Å². The van der Waals surface area contributed by atoms with E-state index in [2.05, 4.69) is 56.5 Å². The van der Waals surface area contributed by atoms with Crippen LogP contribution in [0.3, 0.4) is 0 Å². The fourth-order valence-electron chi connectivity index (χ4n) is 1.15. The number of hydrogen-bond donors (Lipinski definition) is 0. The van der Waals surface area contributed by atoms with Crippen molar-refractivity contribution in [1.29, 1.82) is 0 Å².